The number of nitrogens with one attached hydrogen (secondary N) is 1. The summed E-state index contributed by atoms with van der Waals surface area (Å²) in [5.74, 6) is -3.63. The molecule has 0 saturated carbocycles. The molecule has 1 aromatic carbocycles. The lowest BCUT2D eigenvalue weighted by Gasteiger charge is -2.23. The number of alkyl halides is 1. The van der Waals surface area contributed by atoms with E-state index in [9.17, 15) is 18.8 Å². The lowest BCUT2D eigenvalue weighted by Crippen LogP contribution is -2.51. The number of benzene rings is 1. The Kier molecular flexibility index (Phi) is 5.66. The summed E-state index contributed by atoms with van der Waals surface area (Å²) in [6.07, 6.45) is -1.05. The summed E-state index contributed by atoms with van der Waals surface area (Å²) in [5.41, 5.74) is 5.03. The number of halogens is 2. The van der Waals surface area contributed by atoms with Crippen LogP contribution in [-0.2, 0) is 20.8 Å². The molecule has 0 aromatic heterocycles. The lowest BCUT2D eigenvalue weighted by molar-refractivity contribution is -0.144. The maximum Gasteiger partial charge on any atom is 0.345 e. The molecule has 0 radical (unpaired) electrons. The third kappa shape index (κ3) is 5.03. The number of nitrogens with two attached hydrogens (primary N) is 1. The summed E-state index contributed by atoms with van der Waals surface area (Å²) in [5, 5.41) is 11.1. The van der Waals surface area contributed by atoms with Gasteiger partial charge in [-0.15, -0.1) is 0 Å². The Bertz CT molecular complexity index is 567. The Balaban J connectivity index is 2.75. The van der Waals surface area contributed by atoms with Crippen molar-refractivity contribution < 1.29 is 23.9 Å². The van der Waals surface area contributed by atoms with Crippen LogP contribution in [0.1, 0.15) is 18.4 Å². The van der Waals surface area contributed by atoms with Gasteiger partial charge in [-0.25, -0.2) is 9.18 Å². The topological polar surface area (TPSA) is 109 Å². The molecule has 8 heteroatoms. The summed E-state index contributed by atoms with van der Waals surface area (Å²) in [7, 11) is 0. The molecule has 6 nitrogen and oxygen atoms in total. The maximum absolute atomic E-state index is 13.4. The van der Waals surface area contributed by atoms with Crippen LogP contribution in [0.4, 0.5) is 4.39 Å². The molecule has 114 valence electrons. The van der Waals surface area contributed by atoms with Crippen molar-refractivity contribution in [3.8, 4) is 0 Å². The van der Waals surface area contributed by atoms with Crippen LogP contribution in [-0.4, -0.2) is 27.9 Å². The fourth-order valence-electron chi connectivity index (χ4n) is 1.60. The van der Waals surface area contributed by atoms with E-state index < -0.39 is 28.6 Å². The second kappa shape index (κ2) is 7.03. The Labute approximate surface area is 125 Å². The molecule has 21 heavy (non-hydrogen) atoms. The van der Waals surface area contributed by atoms with Gasteiger partial charge in [0.15, 0.2) is 0 Å². The molecule has 0 bridgehead atoms. The molecule has 1 atom stereocenters. The molecule has 0 aliphatic rings. The van der Waals surface area contributed by atoms with E-state index in [2.05, 4.69) is 5.32 Å². The number of carbonyl (C=O) groups excluding carboxylic acids is 2. The molecule has 0 heterocycles. The van der Waals surface area contributed by atoms with Crippen LogP contribution in [0, 0.1) is 5.82 Å². The van der Waals surface area contributed by atoms with Crippen LogP contribution in [0.3, 0.4) is 0 Å². The molecular weight excluding hydrogens is 303 g/mol. The van der Waals surface area contributed by atoms with Crippen molar-refractivity contribution in [1.82, 2.24) is 5.32 Å². The molecule has 1 aromatic rings. The van der Waals surface area contributed by atoms with Crippen LogP contribution in [0.25, 0.3) is 0 Å². The van der Waals surface area contributed by atoms with Crippen molar-refractivity contribution in [3.05, 3.63) is 35.6 Å². The fraction of sp³-hybridized carbons (Fsp3) is 0.308. The van der Waals surface area contributed by atoms with Crippen molar-refractivity contribution >= 4 is 29.4 Å². The van der Waals surface area contributed by atoms with Gasteiger partial charge in [-0.1, -0.05) is 29.8 Å². The molecule has 1 rings (SSSR count). The van der Waals surface area contributed by atoms with Gasteiger partial charge >= 0.3 is 5.97 Å². The first-order valence-electron chi connectivity index (χ1n) is 5.99. The number of amides is 2. The first kappa shape index (κ1) is 16.9. The highest BCUT2D eigenvalue weighted by Gasteiger charge is 2.38. The molecule has 0 aliphatic heterocycles. The highest BCUT2D eigenvalue weighted by Crippen LogP contribution is 2.19. The van der Waals surface area contributed by atoms with Gasteiger partial charge in [0, 0.05) is 12.8 Å². The normalized spacial score (nSPS) is 13.2. The SMILES string of the molecule is NC(=O)CC[C@](Cl)(NC(=O)Cc1ccccc1F)C(=O)O. The van der Waals surface area contributed by atoms with E-state index in [4.69, 9.17) is 22.4 Å². The standard InChI is InChI=1S/C13H14ClFN2O4/c14-13(12(20)21,6-5-10(16)18)17-11(19)7-8-3-1-2-4-9(8)15/h1-4H,5-7H2,(H2,16,18)(H,17,19)(H,20,21)/t13-/m0/s1. The number of carboxylic acids is 1. The zero-order valence-corrected chi connectivity index (χ0v) is 11.7. The largest absolute Gasteiger partial charge is 0.479 e. The molecule has 0 spiro atoms. The number of aliphatic carboxylic acids is 1. The van der Waals surface area contributed by atoms with E-state index in [1.165, 1.54) is 18.2 Å². The quantitative estimate of drug-likeness (QED) is 0.510. The highest BCUT2D eigenvalue weighted by molar-refractivity contribution is 6.34. The number of carboxylic acid groups (broad SMARTS) is 1. The first-order valence-corrected chi connectivity index (χ1v) is 6.37. The monoisotopic (exact) mass is 316 g/mol. The molecule has 0 unspecified atom stereocenters. The predicted molar refractivity (Wildman–Crippen MR) is 72.9 cm³/mol. The van der Waals surface area contributed by atoms with E-state index in [-0.39, 0.29) is 24.8 Å². The second-order valence-electron chi connectivity index (χ2n) is 4.39. The minimum atomic E-state index is -2.16. The van der Waals surface area contributed by atoms with E-state index in [1.54, 1.807) is 6.07 Å². The Hall–Kier alpha value is -2.15. The van der Waals surface area contributed by atoms with Crippen molar-refractivity contribution in [3.63, 3.8) is 0 Å². The van der Waals surface area contributed by atoms with Gasteiger partial charge in [-0.3, -0.25) is 9.59 Å². The van der Waals surface area contributed by atoms with E-state index in [0.29, 0.717) is 0 Å². The van der Waals surface area contributed by atoms with E-state index in [1.807, 2.05) is 0 Å². The van der Waals surface area contributed by atoms with Gasteiger partial charge in [0.2, 0.25) is 16.8 Å². The van der Waals surface area contributed by atoms with Crippen LogP contribution in [0.2, 0.25) is 0 Å². The third-order valence-electron chi connectivity index (χ3n) is 2.70. The van der Waals surface area contributed by atoms with Crippen LogP contribution < -0.4 is 11.1 Å². The van der Waals surface area contributed by atoms with Crippen LogP contribution in [0.5, 0.6) is 0 Å². The molecular formula is C13H14ClFN2O4. The summed E-state index contributed by atoms with van der Waals surface area (Å²) in [4.78, 5) is 31.4. The molecule has 0 saturated heterocycles. The molecule has 0 fully saturated rings. The number of rotatable bonds is 7. The third-order valence-corrected chi connectivity index (χ3v) is 3.15. The van der Waals surface area contributed by atoms with Gasteiger partial charge in [0.05, 0.1) is 6.42 Å². The Morgan fingerprint density at radius 1 is 1.33 bits per heavy atom. The number of hydrogen-bond acceptors (Lipinski definition) is 3. The van der Waals surface area contributed by atoms with Gasteiger partial charge in [-0.05, 0) is 11.6 Å². The minimum absolute atomic E-state index is 0.106. The van der Waals surface area contributed by atoms with Gasteiger partial charge in [0.25, 0.3) is 0 Å². The van der Waals surface area contributed by atoms with Gasteiger partial charge < -0.3 is 16.2 Å². The van der Waals surface area contributed by atoms with Gasteiger partial charge in [0.1, 0.15) is 5.82 Å². The summed E-state index contributed by atoms with van der Waals surface area (Å²) < 4.78 is 13.4. The fourth-order valence-corrected chi connectivity index (χ4v) is 1.80. The Morgan fingerprint density at radius 2 is 1.95 bits per heavy atom. The highest BCUT2D eigenvalue weighted by atomic mass is 35.5. The maximum atomic E-state index is 13.4. The molecule has 4 N–H and O–H groups in total. The first-order chi connectivity index (χ1) is 9.74. The smallest absolute Gasteiger partial charge is 0.345 e. The average Bonchev–Trinajstić information content (AvgIpc) is 2.39. The number of hydrogen-bond donors (Lipinski definition) is 3. The Morgan fingerprint density at radius 3 is 2.48 bits per heavy atom. The van der Waals surface area contributed by atoms with E-state index >= 15 is 0 Å². The molecule has 0 aliphatic carbocycles. The van der Waals surface area contributed by atoms with Crippen molar-refractivity contribution in [2.45, 2.75) is 24.3 Å². The van der Waals surface area contributed by atoms with Crippen LogP contribution in [0.15, 0.2) is 24.3 Å². The minimum Gasteiger partial charge on any atom is -0.479 e. The van der Waals surface area contributed by atoms with E-state index in [0.717, 1.165) is 0 Å². The predicted octanol–water partition coefficient (Wildman–Crippen LogP) is 0.770. The zero-order chi connectivity index (χ0) is 16.0. The summed E-state index contributed by atoms with van der Waals surface area (Å²) >= 11 is 5.79. The van der Waals surface area contributed by atoms with Crippen molar-refractivity contribution in [1.29, 1.82) is 0 Å². The summed E-state index contributed by atoms with van der Waals surface area (Å²) in [6, 6.07) is 5.59. The van der Waals surface area contributed by atoms with Gasteiger partial charge in [-0.2, -0.15) is 0 Å². The molecule has 2 amide bonds. The van der Waals surface area contributed by atoms with Crippen molar-refractivity contribution in [2.24, 2.45) is 5.73 Å². The summed E-state index contributed by atoms with van der Waals surface area (Å²) in [6.45, 7) is 0. The van der Waals surface area contributed by atoms with Crippen LogP contribution >= 0.6 is 11.6 Å². The number of primary amides is 1. The average molecular weight is 317 g/mol. The lowest BCUT2D eigenvalue weighted by atomic mass is 10.1. The zero-order valence-electron chi connectivity index (χ0n) is 10.9. The number of carbonyl (C=O) groups is 3. The second-order valence-corrected chi connectivity index (χ2v) is 5.03. The van der Waals surface area contributed by atoms with Crippen molar-refractivity contribution in [2.75, 3.05) is 0 Å².